The summed E-state index contributed by atoms with van der Waals surface area (Å²) in [6.45, 7) is 0. The quantitative estimate of drug-likeness (QED) is 0.833. The van der Waals surface area contributed by atoms with E-state index in [2.05, 4.69) is 9.47 Å². The van der Waals surface area contributed by atoms with Gasteiger partial charge in [-0.1, -0.05) is 6.07 Å². The lowest BCUT2D eigenvalue weighted by Gasteiger charge is -2.13. The highest BCUT2D eigenvalue weighted by atomic mass is 19.4. The average molecular weight is 250 g/mol. The summed E-state index contributed by atoms with van der Waals surface area (Å²) >= 11 is 0. The number of methoxy groups -OCH3 is 1. The van der Waals surface area contributed by atoms with Gasteiger partial charge in [0.05, 0.1) is 13.5 Å². The molecule has 0 spiro atoms. The van der Waals surface area contributed by atoms with Crippen molar-refractivity contribution in [2.24, 2.45) is 0 Å². The first kappa shape index (κ1) is 13.1. The summed E-state index contributed by atoms with van der Waals surface area (Å²) in [4.78, 5) is 11.0. The Morgan fingerprint density at radius 1 is 1.41 bits per heavy atom. The summed E-state index contributed by atoms with van der Waals surface area (Å²) in [6.07, 6.45) is -5.40. The number of hydrogen-bond acceptors (Lipinski definition) is 4. The van der Waals surface area contributed by atoms with Crippen molar-refractivity contribution in [3.05, 3.63) is 23.8 Å². The first-order valence-corrected chi connectivity index (χ1v) is 4.47. The van der Waals surface area contributed by atoms with Gasteiger partial charge in [-0.2, -0.15) is 0 Å². The van der Waals surface area contributed by atoms with Crippen molar-refractivity contribution in [1.82, 2.24) is 0 Å². The van der Waals surface area contributed by atoms with Gasteiger partial charge in [-0.25, -0.2) is 0 Å². The highest BCUT2D eigenvalue weighted by Gasteiger charge is 2.32. The Morgan fingerprint density at radius 3 is 2.59 bits per heavy atom. The first-order chi connectivity index (χ1) is 7.83. The number of esters is 1. The normalized spacial score (nSPS) is 11.1. The van der Waals surface area contributed by atoms with Gasteiger partial charge in [0, 0.05) is 5.56 Å². The van der Waals surface area contributed by atoms with Crippen molar-refractivity contribution in [2.75, 3.05) is 7.11 Å². The minimum absolute atomic E-state index is 0.267. The molecule has 1 aromatic rings. The van der Waals surface area contributed by atoms with Crippen molar-refractivity contribution >= 4 is 5.97 Å². The van der Waals surface area contributed by atoms with Crippen molar-refractivity contribution in [3.63, 3.8) is 0 Å². The summed E-state index contributed by atoms with van der Waals surface area (Å²) < 4.78 is 44.2. The van der Waals surface area contributed by atoms with E-state index in [1.165, 1.54) is 6.07 Å². The average Bonchev–Trinajstić information content (AvgIpc) is 2.20. The van der Waals surface area contributed by atoms with Crippen LogP contribution in [0.3, 0.4) is 0 Å². The third-order valence-electron chi connectivity index (χ3n) is 1.88. The number of ether oxygens (including phenoxy) is 2. The second-order valence-electron chi connectivity index (χ2n) is 3.05. The van der Waals surface area contributed by atoms with Gasteiger partial charge in [-0.15, -0.1) is 13.2 Å². The van der Waals surface area contributed by atoms with Gasteiger partial charge in [0.25, 0.3) is 0 Å². The van der Waals surface area contributed by atoms with Crippen LogP contribution in [0.25, 0.3) is 0 Å². The Balaban J connectivity index is 3.04. The number of benzene rings is 1. The van der Waals surface area contributed by atoms with E-state index < -0.39 is 30.3 Å². The number of carbonyl (C=O) groups excluding carboxylic acids is 1. The lowest BCUT2D eigenvalue weighted by Crippen LogP contribution is -2.19. The molecule has 0 heterocycles. The number of hydrogen-bond donors (Lipinski definition) is 1. The van der Waals surface area contributed by atoms with Crippen LogP contribution in [0.4, 0.5) is 13.2 Å². The number of carbonyl (C=O) groups is 1. The summed E-state index contributed by atoms with van der Waals surface area (Å²) in [5.74, 6) is -1.86. The minimum atomic E-state index is -4.89. The number of phenols is 1. The second kappa shape index (κ2) is 4.94. The van der Waals surface area contributed by atoms with Gasteiger partial charge in [0.2, 0.25) is 0 Å². The minimum Gasteiger partial charge on any atom is -0.508 e. The maximum Gasteiger partial charge on any atom is 0.573 e. The van der Waals surface area contributed by atoms with Gasteiger partial charge < -0.3 is 14.6 Å². The molecule has 0 aromatic heterocycles. The Kier molecular flexibility index (Phi) is 3.82. The molecular weight excluding hydrogens is 241 g/mol. The van der Waals surface area contributed by atoms with E-state index in [9.17, 15) is 23.1 Å². The smallest absolute Gasteiger partial charge is 0.508 e. The fourth-order valence-electron chi connectivity index (χ4n) is 1.17. The lowest BCUT2D eigenvalue weighted by molar-refractivity contribution is -0.275. The maximum atomic E-state index is 12.1. The van der Waals surface area contributed by atoms with Crippen LogP contribution in [0.1, 0.15) is 5.56 Å². The molecule has 0 aliphatic rings. The zero-order valence-corrected chi connectivity index (χ0v) is 8.75. The van der Waals surface area contributed by atoms with Crippen LogP contribution in [0.2, 0.25) is 0 Å². The zero-order valence-electron chi connectivity index (χ0n) is 8.75. The van der Waals surface area contributed by atoms with Crippen molar-refractivity contribution in [1.29, 1.82) is 0 Å². The molecule has 0 saturated carbocycles. The Morgan fingerprint density at radius 2 is 2.06 bits per heavy atom. The third-order valence-corrected chi connectivity index (χ3v) is 1.88. The highest BCUT2D eigenvalue weighted by Crippen LogP contribution is 2.32. The molecule has 0 bridgehead atoms. The molecular formula is C10H9F3O4. The monoisotopic (exact) mass is 250 g/mol. The van der Waals surface area contributed by atoms with Gasteiger partial charge in [-0.05, 0) is 12.1 Å². The highest BCUT2D eigenvalue weighted by molar-refractivity contribution is 5.74. The van der Waals surface area contributed by atoms with Crippen molar-refractivity contribution < 1.29 is 32.5 Å². The predicted octanol–water partition coefficient (Wildman–Crippen LogP) is 2.01. The van der Waals surface area contributed by atoms with Crippen LogP contribution in [-0.4, -0.2) is 24.5 Å². The van der Waals surface area contributed by atoms with Crippen LogP contribution >= 0.6 is 0 Å². The number of phenolic OH excluding ortho intramolecular Hbond substituents is 1. The summed E-state index contributed by atoms with van der Waals surface area (Å²) in [5.41, 5.74) is -0.267. The van der Waals surface area contributed by atoms with E-state index >= 15 is 0 Å². The van der Waals surface area contributed by atoms with Gasteiger partial charge in [0.15, 0.2) is 0 Å². The molecule has 94 valence electrons. The molecule has 0 aliphatic heterocycles. The molecule has 7 heteroatoms. The van der Waals surface area contributed by atoms with E-state index in [1.54, 1.807) is 0 Å². The van der Waals surface area contributed by atoms with Crippen LogP contribution in [0.15, 0.2) is 18.2 Å². The van der Waals surface area contributed by atoms with E-state index in [0.717, 1.165) is 19.2 Å². The standard InChI is InChI=1S/C10H9F3O4/c1-16-9(15)5-6-7(14)3-2-4-8(6)17-10(11,12)13/h2-4,14H,5H2,1H3. The van der Waals surface area contributed by atoms with Crippen LogP contribution in [0.5, 0.6) is 11.5 Å². The van der Waals surface area contributed by atoms with E-state index in [1.807, 2.05) is 0 Å². The predicted molar refractivity (Wildman–Crippen MR) is 50.5 cm³/mol. The van der Waals surface area contributed by atoms with E-state index in [0.29, 0.717) is 0 Å². The molecule has 4 nitrogen and oxygen atoms in total. The Hall–Kier alpha value is -1.92. The maximum absolute atomic E-state index is 12.1. The SMILES string of the molecule is COC(=O)Cc1c(O)cccc1OC(F)(F)F. The van der Waals surface area contributed by atoms with Gasteiger partial charge >= 0.3 is 12.3 Å². The van der Waals surface area contributed by atoms with Crippen LogP contribution in [-0.2, 0) is 16.0 Å². The number of rotatable bonds is 3. The van der Waals surface area contributed by atoms with E-state index in [4.69, 9.17) is 0 Å². The third kappa shape index (κ3) is 3.86. The van der Waals surface area contributed by atoms with Crippen LogP contribution in [0, 0.1) is 0 Å². The van der Waals surface area contributed by atoms with Crippen molar-refractivity contribution in [2.45, 2.75) is 12.8 Å². The summed E-state index contributed by atoms with van der Waals surface area (Å²) in [5, 5.41) is 9.38. The van der Waals surface area contributed by atoms with Gasteiger partial charge in [0.1, 0.15) is 11.5 Å². The molecule has 0 fully saturated rings. The molecule has 0 unspecified atom stereocenters. The molecule has 0 aliphatic carbocycles. The molecule has 0 amide bonds. The Bertz CT molecular complexity index is 415. The summed E-state index contributed by atoms with van der Waals surface area (Å²) in [6, 6.07) is 3.34. The zero-order chi connectivity index (χ0) is 13.1. The molecule has 1 N–H and O–H groups in total. The Labute approximate surface area is 94.6 Å². The molecule has 0 atom stereocenters. The van der Waals surface area contributed by atoms with Crippen molar-refractivity contribution in [3.8, 4) is 11.5 Å². The number of alkyl halides is 3. The first-order valence-electron chi connectivity index (χ1n) is 4.47. The molecule has 0 radical (unpaired) electrons. The second-order valence-corrected chi connectivity index (χ2v) is 3.05. The topological polar surface area (TPSA) is 55.8 Å². The molecule has 0 saturated heterocycles. The van der Waals surface area contributed by atoms with Crippen LogP contribution < -0.4 is 4.74 Å². The van der Waals surface area contributed by atoms with Gasteiger partial charge in [-0.3, -0.25) is 4.79 Å². The number of halogens is 3. The molecule has 1 rings (SSSR count). The lowest BCUT2D eigenvalue weighted by atomic mass is 10.1. The van der Waals surface area contributed by atoms with E-state index in [-0.39, 0.29) is 5.56 Å². The number of aromatic hydroxyl groups is 1. The fraction of sp³-hybridized carbons (Fsp3) is 0.300. The molecule has 1 aromatic carbocycles. The fourth-order valence-corrected chi connectivity index (χ4v) is 1.17. The largest absolute Gasteiger partial charge is 0.573 e. The molecule has 17 heavy (non-hydrogen) atoms. The summed E-state index contributed by atoms with van der Waals surface area (Å²) in [7, 11) is 1.09.